The lowest BCUT2D eigenvalue weighted by atomic mass is 10.1. The van der Waals surface area contributed by atoms with Crippen LogP contribution >= 0.6 is 23.2 Å². The first-order valence-corrected chi connectivity index (χ1v) is 12.1. The standard InChI is InChI=1S/C25H25Cl2F3N4O3/c1-15-13-32(17-7-8-19(26)20(12-17)37-3)9-10-33(15)21(14-35)34-24(25(28,29)30)22(27)23(31-34)16-5-4-6-18(11-16)36-2/h4-8,11-12,14-15,21H,9-10,13H2,1-3H3. The van der Waals surface area contributed by atoms with E-state index in [0.717, 1.165) is 5.69 Å². The molecule has 198 valence electrons. The van der Waals surface area contributed by atoms with Gasteiger partial charge in [-0.15, -0.1) is 0 Å². The molecule has 0 N–H and O–H groups in total. The fraction of sp³-hybridized carbons (Fsp3) is 0.360. The van der Waals surface area contributed by atoms with Crippen LogP contribution in [0.25, 0.3) is 11.3 Å². The van der Waals surface area contributed by atoms with Gasteiger partial charge in [-0.25, -0.2) is 4.68 Å². The Morgan fingerprint density at radius 3 is 2.49 bits per heavy atom. The second kappa shape index (κ2) is 10.8. The van der Waals surface area contributed by atoms with Crippen LogP contribution in [0, 0.1) is 0 Å². The number of carbonyl (C=O) groups excluding carboxylic acids is 1. The molecule has 37 heavy (non-hydrogen) atoms. The van der Waals surface area contributed by atoms with Crippen LogP contribution in [-0.2, 0) is 11.0 Å². The Kier molecular flexibility index (Phi) is 7.91. The molecule has 4 rings (SSSR count). The lowest BCUT2D eigenvalue weighted by molar-refractivity contribution is -0.147. The third kappa shape index (κ3) is 5.37. The zero-order valence-corrected chi connectivity index (χ0v) is 21.8. The number of ether oxygens (including phenoxy) is 2. The molecule has 3 aromatic rings. The van der Waals surface area contributed by atoms with E-state index in [0.29, 0.717) is 52.7 Å². The van der Waals surface area contributed by atoms with Crippen molar-refractivity contribution >= 4 is 35.2 Å². The molecule has 0 radical (unpaired) electrons. The minimum absolute atomic E-state index is 0.0840. The quantitative estimate of drug-likeness (QED) is 0.343. The van der Waals surface area contributed by atoms with Crippen LogP contribution in [-0.4, -0.2) is 60.9 Å². The maximum absolute atomic E-state index is 14.2. The minimum atomic E-state index is -4.84. The van der Waals surface area contributed by atoms with Crippen LogP contribution in [0.3, 0.4) is 0 Å². The van der Waals surface area contributed by atoms with E-state index in [4.69, 9.17) is 32.7 Å². The maximum atomic E-state index is 14.2. The van der Waals surface area contributed by atoms with Crippen molar-refractivity contribution in [1.82, 2.24) is 14.7 Å². The van der Waals surface area contributed by atoms with Crippen molar-refractivity contribution in [2.45, 2.75) is 25.3 Å². The molecule has 7 nitrogen and oxygen atoms in total. The SMILES string of the molecule is COc1cccc(-c2nn(C(C=O)N3CCN(c4ccc(Cl)c(OC)c4)CC3C)c(C(F)(F)F)c2Cl)c1. The van der Waals surface area contributed by atoms with Crippen molar-refractivity contribution in [3.63, 3.8) is 0 Å². The molecule has 0 spiro atoms. The number of aldehydes is 1. The van der Waals surface area contributed by atoms with Crippen LogP contribution in [0.5, 0.6) is 11.5 Å². The average molecular weight is 557 g/mol. The molecular formula is C25H25Cl2F3N4O3. The maximum Gasteiger partial charge on any atom is 0.434 e. The van der Waals surface area contributed by atoms with Gasteiger partial charge in [-0.1, -0.05) is 35.3 Å². The monoisotopic (exact) mass is 556 g/mol. The highest BCUT2D eigenvalue weighted by Crippen LogP contribution is 2.42. The number of aromatic nitrogens is 2. The Hall–Kier alpha value is -2.95. The summed E-state index contributed by atoms with van der Waals surface area (Å²) < 4.78 is 53.7. The molecule has 2 atom stereocenters. The average Bonchev–Trinajstić information content (AvgIpc) is 3.23. The topological polar surface area (TPSA) is 59.8 Å². The molecule has 0 amide bonds. The van der Waals surface area contributed by atoms with E-state index in [-0.39, 0.29) is 11.7 Å². The van der Waals surface area contributed by atoms with Crippen molar-refractivity contribution in [1.29, 1.82) is 0 Å². The minimum Gasteiger partial charge on any atom is -0.497 e. The Bertz CT molecular complexity index is 1280. The van der Waals surface area contributed by atoms with Crippen molar-refractivity contribution < 1.29 is 27.4 Å². The number of nitrogens with zero attached hydrogens (tertiary/aromatic N) is 4. The summed E-state index contributed by atoms with van der Waals surface area (Å²) in [6, 6.07) is 11.5. The predicted octanol–water partition coefficient (Wildman–Crippen LogP) is 5.80. The van der Waals surface area contributed by atoms with E-state index < -0.39 is 23.1 Å². The third-order valence-electron chi connectivity index (χ3n) is 6.36. The summed E-state index contributed by atoms with van der Waals surface area (Å²) in [5.74, 6) is 0.957. The number of benzene rings is 2. The summed E-state index contributed by atoms with van der Waals surface area (Å²) in [5, 5.41) is 4.10. The predicted molar refractivity (Wildman–Crippen MR) is 136 cm³/mol. The molecule has 0 bridgehead atoms. The van der Waals surface area contributed by atoms with Crippen molar-refractivity contribution in [2.75, 3.05) is 38.8 Å². The number of carbonyl (C=O) groups is 1. The van der Waals surface area contributed by atoms with Gasteiger partial charge in [0.25, 0.3) is 0 Å². The summed E-state index contributed by atoms with van der Waals surface area (Å²) in [6.07, 6.45) is -5.69. The van der Waals surface area contributed by atoms with E-state index >= 15 is 0 Å². The lowest BCUT2D eigenvalue weighted by Crippen LogP contribution is -2.54. The number of alkyl halides is 3. The van der Waals surface area contributed by atoms with Gasteiger partial charge < -0.3 is 14.4 Å². The number of piperazine rings is 1. The molecule has 1 aromatic heterocycles. The van der Waals surface area contributed by atoms with Gasteiger partial charge in [0.05, 0.1) is 24.3 Å². The first-order chi connectivity index (χ1) is 17.6. The lowest BCUT2D eigenvalue weighted by Gasteiger charge is -2.43. The Morgan fingerprint density at radius 2 is 1.86 bits per heavy atom. The van der Waals surface area contributed by atoms with Gasteiger partial charge in [0.2, 0.25) is 0 Å². The molecule has 2 heterocycles. The van der Waals surface area contributed by atoms with Gasteiger partial charge in [0, 0.05) is 43.0 Å². The molecule has 0 aliphatic carbocycles. The number of halogens is 5. The van der Waals surface area contributed by atoms with Gasteiger partial charge in [-0.2, -0.15) is 18.3 Å². The first kappa shape index (κ1) is 27.1. The number of methoxy groups -OCH3 is 2. The number of hydrogen-bond acceptors (Lipinski definition) is 6. The van der Waals surface area contributed by atoms with Gasteiger partial charge in [0.15, 0.2) is 18.1 Å². The zero-order valence-electron chi connectivity index (χ0n) is 20.3. The van der Waals surface area contributed by atoms with Gasteiger partial charge >= 0.3 is 6.18 Å². The molecule has 1 saturated heterocycles. The second-order valence-corrected chi connectivity index (χ2v) is 9.37. The number of anilines is 1. The van der Waals surface area contributed by atoms with Crippen LogP contribution in [0.2, 0.25) is 10.0 Å². The molecule has 1 aliphatic heterocycles. The summed E-state index contributed by atoms with van der Waals surface area (Å²) in [7, 11) is 2.97. The molecule has 2 unspecified atom stereocenters. The van der Waals surface area contributed by atoms with E-state index in [1.54, 1.807) is 35.2 Å². The summed E-state index contributed by atoms with van der Waals surface area (Å²) in [6.45, 7) is 3.06. The smallest absolute Gasteiger partial charge is 0.434 e. The van der Waals surface area contributed by atoms with E-state index in [2.05, 4.69) is 10.00 Å². The van der Waals surface area contributed by atoms with E-state index in [1.807, 2.05) is 13.0 Å². The van der Waals surface area contributed by atoms with Crippen LogP contribution in [0.15, 0.2) is 42.5 Å². The third-order valence-corrected chi connectivity index (χ3v) is 7.03. The van der Waals surface area contributed by atoms with Crippen LogP contribution in [0.4, 0.5) is 18.9 Å². The highest BCUT2D eigenvalue weighted by Gasteiger charge is 2.43. The van der Waals surface area contributed by atoms with Crippen molar-refractivity contribution in [3.05, 3.63) is 58.2 Å². The molecule has 0 saturated carbocycles. The number of rotatable bonds is 7. The molecule has 1 aliphatic rings. The fourth-order valence-electron chi connectivity index (χ4n) is 4.54. The number of hydrogen-bond donors (Lipinski definition) is 0. The largest absolute Gasteiger partial charge is 0.497 e. The van der Waals surface area contributed by atoms with E-state index in [1.165, 1.54) is 20.3 Å². The van der Waals surface area contributed by atoms with Gasteiger partial charge in [-0.05, 0) is 31.2 Å². The molecule has 1 fully saturated rings. The van der Waals surface area contributed by atoms with E-state index in [9.17, 15) is 18.0 Å². The van der Waals surface area contributed by atoms with Crippen molar-refractivity contribution in [2.24, 2.45) is 0 Å². The summed E-state index contributed by atoms with van der Waals surface area (Å²) in [5.41, 5.74) is -0.0675. The van der Waals surface area contributed by atoms with Crippen LogP contribution < -0.4 is 14.4 Å². The fourth-order valence-corrected chi connectivity index (χ4v) is 5.07. The van der Waals surface area contributed by atoms with Gasteiger partial charge in [0.1, 0.15) is 17.2 Å². The van der Waals surface area contributed by atoms with Crippen LogP contribution in [0.1, 0.15) is 18.8 Å². The molecular weight excluding hydrogens is 532 g/mol. The molecule has 12 heteroatoms. The highest BCUT2D eigenvalue weighted by atomic mass is 35.5. The Labute approximate surface area is 222 Å². The Morgan fingerprint density at radius 1 is 1.11 bits per heavy atom. The van der Waals surface area contributed by atoms with Crippen molar-refractivity contribution in [3.8, 4) is 22.8 Å². The first-order valence-electron chi connectivity index (χ1n) is 11.4. The molecule has 2 aromatic carbocycles. The second-order valence-electron chi connectivity index (χ2n) is 8.59. The highest BCUT2D eigenvalue weighted by molar-refractivity contribution is 6.34. The summed E-state index contributed by atoms with van der Waals surface area (Å²) >= 11 is 12.4. The Balaban J connectivity index is 1.68. The summed E-state index contributed by atoms with van der Waals surface area (Å²) in [4.78, 5) is 16.0. The normalized spacial score (nSPS) is 17.5. The zero-order chi connectivity index (χ0) is 26.9. The van der Waals surface area contributed by atoms with Gasteiger partial charge in [-0.3, -0.25) is 9.69 Å².